The van der Waals surface area contributed by atoms with Gasteiger partial charge in [0.05, 0.1) is 11.7 Å². The fourth-order valence-corrected chi connectivity index (χ4v) is 2.89. The maximum atomic E-state index is 12.1. The lowest BCUT2D eigenvalue weighted by Gasteiger charge is -2.14. The van der Waals surface area contributed by atoms with E-state index in [2.05, 4.69) is 26.2 Å². The molecule has 0 radical (unpaired) electrons. The Hall–Kier alpha value is -1.99. The van der Waals surface area contributed by atoms with Crippen LogP contribution in [0, 0.1) is 5.92 Å². The fraction of sp³-hybridized carbons (Fsp3) is 0.500. The first-order valence-corrected chi connectivity index (χ1v) is 8.08. The van der Waals surface area contributed by atoms with Gasteiger partial charge in [-0.2, -0.15) is 4.68 Å². The van der Waals surface area contributed by atoms with Gasteiger partial charge in [0.2, 0.25) is 5.91 Å². The Kier molecular flexibility index (Phi) is 6.69. The van der Waals surface area contributed by atoms with E-state index in [0.29, 0.717) is 18.2 Å². The van der Waals surface area contributed by atoms with Gasteiger partial charge in [0, 0.05) is 6.42 Å². The van der Waals surface area contributed by atoms with E-state index in [1.54, 1.807) is 4.68 Å². The second-order valence-electron chi connectivity index (χ2n) is 5.97. The average molecular weight is 351 g/mol. The fourth-order valence-electron chi connectivity index (χ4n) is 2.89. The third-order valence-corrected chi connectivity index (χ3v) is 4.20. The van der Waals surface area contributed by atoms with E-state index in [1.807, 2.05) is 37.3 Å². The standard InChI is InChI=1S/C16H22N6O.ClH/c1-12(18-15(23)8-7-13-9-10-17-11-13)16-19-20-21-22(16)14-5-3-2-4-6-14;/h2-6,12-13,17H,7-11H2,1H3,(H,18,23);1H. The third-order valence-electron chi connectivity index (χ3n) is 4.20. The molecule has 0 spiro atoms. The zero-order valence-corrected chi connectivity index (χ0v) is 14.5. The number of amides is 1. The molecule has 2 atom stereocenters. The monoisotopic (exact) mass is 350 g/mol. The van der Waals surface area contributed by atoms with Crippen LogP contribution < -0.4 is 10.6 Å². The third kappa shape index (κ3) is 4.52. The number of rotatable bonds is 6. The van der Waals surface area contributed by atoms with Gasteiger partial charge in [-0.15, -0.1) is 17.5 Å². The van der Waals surface area contributed by atoms with Crippen LogP contribution in [-0.4, -0.2) is 39.2 Å². The van der Waals surface area contributed by atoms with E-state index in [1.165, 1.54) is 0 Å². The predicted octanol–water partition coefficient (Wildman–Crippen LogP) is 1.65. The van der Waals surface area contributed by atoms with Crippen molar-refractivity contribution >= 4 is 18.3 Å². The van der Waals surface area contributed by atoms with Crippen molar-refractivity contribution in [3.8, 4) is 5.69 Å². The lowest BCUT2D eigenvalue weighted by atomic mass is 10.0. The Bertz CT molecular complexity index is 641. The molecule has 1 aliphatic rings. The Balaban J connectivity index is 0.00000208. The number of aromatic nitrogens is 4. The van der Waals surface area contributed by atoms with Crippen molar-refractivity contribution in [3.63, 3.8) is 0 Å². The van der Waals surface area contributed by atoms with Crippen LogP contribution in [0.4, 0.5) is 0 Å². The van der Waals surface area contributed by atoms with Crippen LogP contribution in [0.15, 0.2) is 30.3 Å². The maximum absolute atomic E-state index is 12.1. The van der Waals surface area contributed by atoms with E-state index >= 15 is 0 Å². The molecule has 1 amide bonds. The Morgan fingerprint density at radius 2 is 2.21 bits per heavy atom. The van der Waals surface area contributed by atoms with Crippen LogP contribution in [0.5, 0.6) is 0 Å². The van der Waals surface area contributed by atoms with Crippen molar-refractivity contribution in [1.82, 2.24) is 30.8 Å². The lowest BCUT2D eigenvalue weighted by molar-refractivity contribution is -0.122. The highest BCUT2D eigenvalue weighted by molar-refractivity contribution is 5.85. The van der Waals surface area contributed by atoms with Crippen molar-refractivity contribution in [1.29, 1.82) is 0 Å². The van der Waals surface area contributed by atoms with Gasteiger partial charge in [-0.25, -0.2) is 0 Å². The SMILES string of the molecule is CC(NC(=O)CCC1CCNC1)c1nnnn1-c1ccccc1.Cl. The molecule has 0 aliphatic carbocycles. The smallest absolute Gasteiger partial charge is 0.220 e. The van der Waals surface area contributed by atoms with Crippen molar-refractivity contribution in [3.05, 3.63) is 36.2 Å². The van der Waals surface area contributed by atoms with Crippen LogP contribution in [0.1, 0.15) is 38.1 Å². The number of carbonyl (C=O) groups is 1. The quantitative estimate of drug-likeness (QED) is 0.827. The summed E-state index contributed by atoms with van der Waals surface area (Å²) in [7, 11) is 0. The summed E-state index contributed by atoms with van der Waals surface area (Å²) >= 11 is 0. The molecule has 7 nitrogen and oxygen atoms in total. The molecular formula is C16H23ClN6O. The number of halogens is 1. The summed E-state index contributed by atoms with van der Waals surface area (Å²) in [4.78, 5) is 12.1. The molecule has 1 saturated heterocycles. The Morgan fingerprint density at radius 3 is 2.92 bits per heavy atom. The topological polar surface area (TPSA) is 84.7 Å². The number of benzene rings is 1. The first-order chi connectivity index (χ1) is 11.2. The Morgan fingerprint density at radius 1 is 1.42 bits per heavy atom. The van der Waals surface area contributed by atoms with Gasteiger partial charge >= 0.3 is 0 Å². The van der Waals surface area contributed by atoms with Crippen molar-refractivity contribution in [2.24, 2.45) is 5.92 Å². The molecule has 0 saturated carbocycles. The van der Waals surface area contributed by atoms with Crippen LogP contribution in [-0.2, 0) is 4.79 Å². The van der Waals surface area contributed by atoms with Crippen molar-refractivity contribution in [2.75, 3.05) is 13.1 Å². The minimum Gasteiger partial charge on any atom is -0.346 e. The summed E-state index contributed by atoms with van der Waals surface area (Å²) < 4.78 is 1.66. The number of tetrazole rings is 1. The number of carbonyl (C=O) groups excluding carboxylic acids is 1. The van der Waals surface area contributed by atoms with Gasteiger partial charge in [0.1, 0.15) is 0 Å². The molecule has 1 aromatic carbocycles. The normalized spacial score (nSPS) is 18.0. The molecular weight excluding hydrogens is 328 g/mol. The second kappa shape index (κ2) is 8.75. The summed E-state index contributed by atoms with van der Waals surface area (Å²) in [6, 6.07) is 9.43. The first-order valence-electron chi connectivity index (χ1n) is 8.08. The summed E-state index contributed by atoms with van der Waals surface area (Å²) in [5, 5.41) is 18.1. The van der Waals surface area contributed by atoms with Gasteiger partial charge in [-0.05, 0) is 61.3 Å². The van der Waals surface area contributed by atoms with Crippen LogP contribution >= 0.6 is 12.4 Å². The van der Waals surface area contributed by atoms with Crippen LogP contribution in [0.25, 0.3) is 5.69 Å². The molecule has 1 aromatic heterocycles. The van der Waals surface area contributed by atoms with Crippen molar-refractivity contribution in [2.45, 2.75) is 32.2 Å². The van der Waals surface area contributed by atoms with Gasteiger partial charge in [-0.1, -0.05) is 18.2 Å². The number of hydrogen-bond donors (Lipinski definition) is 2. The van der Waals surface area contributed by atoms with E-state index in [4.69, 9.17) is 0 Å². The second-order valence-corrected chi connectivity index (χ2v) is 5.97. The summed E-state index contributed by atoms with van der Waals surface area (Å²) in [6.45, 7) is 3.99. The highest BCUT2D eigenvalue weighted by Gasteiger charge is 2.19. The molecule has 3 rings (SSSR count). The predicted molar refractivity (Wildman–Crippen MR) is 93.2 cm³/mol. The van der Waals surface area contributed by atoms with E-state index in [0.717, 1.165) is 31.6 Å². The molecule has 0 bridgehead atoms. The van der Waals surface area contributed by atoms with E-state index < -0.39 is 0 Å². The van der Waals surface area contributed by atoms with E-state index in [9.17, 15) is 4.79 Å². The number of nitrogens with one attached hydrogen (secondary N) is 2. The van der Waals surface area contributed by atoms with Crippen LogP contribution in [0.2, 0.25) is 0 Å². The van der Waals surface area contributed by atoms with Crippen LogP contribution in [0.3, 0.4) is 0 Å². The van der Waals surface area contributed by atoms with E-state index in [-0.39, 0.29) is 24.4 Å². The molecule has 130 valence electrons. The lowest BCUT2D eigenvalue weighted by Crippen LogP contribution is -2.29. The van der Waals surface area contributed by atoms with Gasteiger partial charge in [0.15, 0.2) is 5.82 Å². The zero-order chi connectivity index (χ0) is 16.1. The first kappa shape index (κ1) is 18.4. The minimum absolute atomic E-state index is 0. The average Bonchev–Trinajstić information content (AvgIpc) is 3.25. The number of nitrogens with zero attached hydrogens (tertiary/aromatic N) is 4. The molecule has 24 heavy (non-hydrogen) atoms. The summed E-state index contributed by atoms with van der Waals surface area (Å²) in [5.74, 6) is 1.30. The van der Waals surface area contributed by atoms with Crippen molar-refractivity contribution < 1.29 is 4.79 Å². The van der Waals surface area contributed by atoms with Gasteiger partial charge < -0.3 is 10.6 Å². The molecule has 8 heteroatoms. The number of hydrogen-bond acceptors (Lipinski definition) is 5. The molecule has 2 unspecified atom stereocenters. The van der Waals surface area contributed by atoms with Gasteiger partial charge in [0.25, 0.3) is 0 Å². The minimum atomic E-state index is -0.237. The Labute approximate surface area is 147 Å². The highest BCUT2D eigenvalue weighted by atomic mass is 35.5. The summed E-state index contributed by atoms with van der Waals surface area (Å²) in [6.07, 6.45) is 2.63. The highest BCUT2D eigenvalue weighted by Crippen LogP contribution is 2.16. The summed E-state index contributed by atoms with van der Waals surface area (Å²) in [5.41, 5.74) is 0.880. The number of para-hydroxylation sites is 1. The molecule has 2 N–H and O–H groups in total. The largest absolute Gasteiger partial charge is 0.346 e. The molecule has 1 fully saturated rings. The molecule has 2 aromatic rings. The van der Waals surface area contributed by atoms with Gasteiger partial charge in [-0.3, -0.25) is 4.79 Å². The molecule has 2 heterocycles. The molecule has 1 aliphatic heterocycles. The maximum Gasteiger partial charge on any atom is 0.220 e. The zero-order valence-electron chi connectivity index (χ0n) is 13.7.